The molecule has 18 heavy (non-hydrogen) atoms. The van der Waals surface area contributed by atoms with Crippen LogP contribution in [0.5, 0.6) is 0 Å². The summed E-state index contributed by atoms with van der Waals surface area (Å²) in [5.74, 6) is -3.13. The van der Waals surface area contributed by atoms with E-state index in [4.69, 9.17) is 4.74 Å². The Morgan fingerprint density at radius 3 is 2.56 bits per heavy atom. The van der Waals surface area contributed by atoms with Crippen LogP contribution in [0.4, 0.5) is 13.2 Å². The van der Waals surface area contributed by atoms with Gasteiger partial charge in [0.05, 0.1) is 0 Å². The molecule has 5 heteroatoms. The SMILES string of the molecule is Fc1cc(CNCCC2CCOC2)cc(F)c1F. The lowest BCUT2D eigenvalue weighted by Crippen LogP contribution is -2.18. The highest BCUT2D eigenvalue weighted by Gasteiger charge is 2.15. The Bertz CT molecular complexity index is 382. The molecule has 1 N–H and O–H groups in total. The molecule has 2 nitrogen and oxygen atoms in total. The lowest BCUT2D eigenvalue weighted by Gasteiger charge is -2.09. The standard InChI is InChI=1S/C13H16F3NO/c14-11-5-10(6-12(15)13(11)16)7-17-3-1-9-2-4-18-8-9/h5-6,9,17H,1-4,7-8H2. The van der Waals surface area contributed by atoms with Crippen LogP contribution in [0, 0.1) is 23.4 Å². The average Bonchev–Trinajstić information content (AvgIpc) is 2.84. The number of ether oxygens (including phenoxy) is 1. The molecule has 0 spiro atoms. The molecule has 1 aliphatic rings. The summed E-state index contributed by atoms with van der Waals surface area (Å²) in [4.78, 5) is 0. The van der Waals surface area contributed by atoms with Crippen molar-refractivity contribution in [2.45, 2.75) is 19.4 Å². The second-order valence-electron chi connectivity index (χ2n) is 4.57. The van der Waals surface area contributed by atoms with E-state index in [2.05, 4.69) is 5.32 Å². The van der Waals surface area contributed by atoms with E-state index in [9.17, 15) is 13.2 Å². The lowest BCUT2D eigenvalue weighted by atomic mass is 10.1. The maximum absolute atomic E-state index is 12.9. The third-order valence-corrected chi connectivity index (χ3v) is 3.13. The Kier molecular flexibility index (Phi) is 4.60. The van der Waals surface area contributed by atoms with Crippen LogP contribution < -0.4 is 5.32 Å². The van der Waals surface area contributed by atoms with Crippen molar-refractivity contribution >= 4 is 0 Å². The molecule has 1 unspecified atom stereocenters. The van der Waals surface area contributed by atoms with Crippen molar-refractivity contribution in [2.24, 2.45) is 5.92 Å². The maximum Gasteiger partial charge on any atom is 0.194 e. The predicted molar refractivity (Wildman–Crippen MR) is 61.6 cm³/mol. The molecule has 1 atom stereocenters. The molecule has 1 fully saturated rings. The van der Waals surface area contributed by atoms with Crippen molar-refractivity contribution in [3.63, 3.8) is 0 Å². The van der Waals surface area contributed by atoms with Crippen molar-refractivity contribution in [3.8, 4) is 0 Å². The molecule has 2 rings (SSSR count). The van der Waals surface area contributed by atoms with E-state index >= 15 is 0 Å². The van der Waals surface area contributed by atoms with Crippen molar-refractivity contribution < 1.29 is 17.9 Å². The van der Waals surface area contributed by atoms with Gasteiger partial charge in [-0.05, 0) is 43.0 Å². The van der Waals surface area contributed by atoms with Crippen LogP contribution in [0.1, 0.15) is 18.4 Å². The second-order valence-corrected chi connectivity index (χ2v) is 4.57. The third-order valence-electron chi connectivity index (χ3n) is 3.13. The fourth-order valence-corrected chi connectivity index (χ4v) is 2.06. The Labute approximate surface area is 104 Å². The van der Waals surface area contributed by atoms with Crippen molar-refractivity contribution in [1.82, 2.24) is 5.32 Å². The van der Waals surface area contributed by atoms with Crippen molar-refractivity contribution in [2.75, 3.05) is 19.8 Å². The summed E-state index contributed by atoms with van der Waals surface area (Å²) in [7, 11) is 0. The minimum absolute atomic E-state index is 0.335. The minimum atomic E-state index is -1.41. The van der Waals surface area contributed by atoms with Gasteiger partial charge in [0.2, 0.25) is 0 Å². The van der Waals surface area contributed by atoms with Crippen LogP contribution in [0.3, 0.4) is 0 Å². The van der Waals surface area contributed by atoms with Crippen LogP contribution in [0.15, 0.2) is 12.1 Å². The fourth-order valence-electron chi connectivity index (χ4n) is 2.06. The monoisotopic (exact) mass is 259 g/mol. The van der Waals surface area contributed by atoms with Gasteiger partial charge in [0.15, 0.2) is 17.5 Å². The van der Waals surface area contributed by atoms with Crippen LogP contribution >= 0.6 is 0 Å². The Hall–Kier alpha value is -1.07. The molecule has 0 aromatic heterocycles. The molecule has 0 amide bonds. The molecule has 0 aliphatic carbocycles. The summed E-state index contributed by atoms with van der Waals surface area (Å²) in [6.45, 7) is 2.71. The molecule has 1 aromatic rings. The topological polar surface area (TPSA) is 21.3 Å². The van der Waals surface area contributed by atoms with Gasteiger partial charge in [0.1, 0.15) is 0 Å². The summed E-state index contributed by atoms with van der Waals surface area (Å²) in [5, 5.41) is 3.09. The van der Waals surface area contributed by atoms with Crippen molar-refractivity contribution in [3.05, 3.63) is 35.1 Å². The molecule has 0 saturated carbocycles. The molecular formula is C13H16F3NO. The van der Waals surface area contributed by atoms with E-state index < -0.39 is 17.5 Å². The van der Waals surface area contributed by atoms with E-state index in [1.165, 1.54) is 0 Å². The third kappa shape index (κ3) is 3.46. The number of benzene rings is 1. The van der Waals surface area contributed by atoms with Gasteiger partial charge in [0.25, 0.3) is 0 Å². The molecule has 1 saturated heterocycles. The first-order chi connectivity index (χ1) is 8.66. The summed E-state index contributed by atoms with van der Waals surface area (Å²) < 4.78 is 43.8. The van der Waals surface area contributed by atoms with Gasteiger partial charge >= 0.3 is 0 Å². The number of hydrogen-bond donors (Lipinski definition) is 1. The number of rotatable bonds is 5. The van der Waals surface area contributed by atoms with Gasteiger partial charge in [-0.2, -0.15) is 0 Å². The van der Waals surface area contributed by atoms with Gasteiger partial charge in [0, 0.05) is 19.8 Å². The minimum Gasteiger partial charge on any atom is -0.381 e. The number of hydrogen-bond acceptors (Lipinski definition) is 2. The average molecular weight is 259 g/mol. The summed E-state index contributed by atoms with van der Waals surface area (Å²) in [5.41, 5.74) is 0.411. The van der Waals surface area contributed by atoms with E-state index in [1.807, 2.05) is 0 Å². The zero-order chi connectivity index (χ0) is 13.0. The highest BCUT2D eigenvalue weighted by Crippen LogP contribution is 2.16. The van der Waals surface area contributed by atoms with Gasteiger partial charge < -0.3 is 10.1 Å². The van der Waals surface area contributed by atoms with Crippen LogP contribution in [-0.2, 0) is 11.3 Å². The lowest BCUT2D eigenvalue weighted by molar-refractivity contribution is 0.184. The molecule has 0 bridgehead atoms. The Balaban J connectivity index is 1.76. The van der Waals surface area contributed by atoms with Gasteiger partial charge in [-0.25, -0.2) is 13.2 Å². The Morgan fingerprint density at radius 2 is 1.94 bits per heavy atom. The molecule has 1 heterocycles. The predicted octanol–water partition coefficient (Wildman–Crippen LogP) is 2.62. The van der Waals surface area contributed by atoms with Crippen molar-refractivity contribution in [1.29, 1.82) is 0 Å². The summed E-state index contributed by atoms with van der Waals surface area (Å²) in [6, 6.07) is 2.04. The van der Waals surface area contributed by atoms with Crippen LogP contribution in [-0.4, -0.2) is 19.8 Å². The van der Waals surface area contributed by atoms with Crippen LogP contribution in [0.2, 0.25) is 0 Å². The molecule has 100 valence electrons. The highest BCUT2D eigenvalue weighted by molar-refractivity contribution is 5.19. The van der Waals surface area contributed by atoms with Gasteiger partial charge in [-0.3, -0.25) is 0 Å². The van der Waals surface area contributed by atoms with Gasteiger partial charge in [-0.1, -0.05) is 0 Å². The zero-order valence-electron chi connectivity index (χ0n) is 10.0. The second kappa shape index (κ2) is 6.20. The first-order valence-electron chi connectivity index (χ1n) is 6.08. The largest absolute Gasteiger partial charge is 0.381 e. The van der Waals surface area contributed by atoms with E-state index in [-0.39, 0.29) is 0 Å². The summed E-state index contributed by atoms with van der Waals surface area (Å²) >= 11 is 0. The quantitative estimate of drug-likeness (QED) is 0.648. The smallest absolute Gasteiger partial charge is 0.194 e. The zero-order valence-corrected chi connectivity index (χ0v) is 10.0. The molecule has 0 radical (unpaired) electrons. The normalized spacial score (nSPS) is 19.4. The molecule has 1 aliphatic heterocycles. The number of halogens is 3. The van der Waals surface area contributed by atoms with E-state index in [0.717, 1.165) is 44.7 Å². The fraction of sp³-hybridized carbons (Fsp3) is 0.538. The first kappa shape index (κ1) is 13.4. The number of nitrogens with one attached hydrogen (secondary N) is 1. The van der Waals surface area contributed by atoms with Gasteiger partial charge in [-0.15, -0.1) is 0 Å². The Morgan fingerprint density at radius 1 is 1.22 bits per heavy atom. The van der Waals surface area contributed by atoms with E-state index in [0.29, 0.717) is 18.0 Å². The summed E-state index contributed by atoms with van der Waals surface area (Å²) in [6.07, 6.45) is 2.05. The van der Waals surface area contributed by atoms with E-state index in [1.54, 1.807) is 0 Å². The molecular weight excluding hydrogens is 243 g/mol. The highest BCUT2D eigenvalue weighted by atomic mass is 19.2. The molecule has 1 aromatic carbocycles. The first-order valence-corrected chi connectivity index (χ1v) is 6.08. The maximum atomic E-state index is 12.9. The van der Waals surface area contributed by atoms with Crippen LogP contribution in [0.25, 0.3) is 0 Å².